The zero-order valence-electron chi connectivity index (χ0n) is 16.3. The van der Waals surface area contributed by atoms with E-state index < -0.39 is 10.0 Å². The molecule has 1 fully saturated rings. The van der Waals surface area contributed by atoms with Crippen molar-refractivity contribution < 1.29 is 17.9 Å². The molecular weight excluding hydrogens is 376 g/mol. The van der Waals surface area contributed by atoms with Crippen molar-refractivity contribution in [3.8, 4) is 5.75 Å². The van der Waals surface area contributed by atoms with E-state index in [1.807, 2.05) is 25.1 Å². The summed E-state index contributed by atoms with van der Waals surface area (Å²) in [5, 5.41) is 2.82. The first-order chi connectivity index (χ1) is 13.4. The van der Waals surface area contributed by atoms with Crippen LogP contribution in [0.3, 0.4) is 0 Å². The Morgan fingerprint density at radius 2 is 1.75 bits per heavy atom. The van der Waals surface area contributed by atoms with Crippen LogP contribution in [0.4, 0.5) is 5.69 Å². The summed E-state index contributed by atoms with van der Waals surface area (Å²) < 4.78 is 33.2. The van der Waals surface area contributed by atoms with Crippen molar-refractivity contribution in [1.29, 1.82) is 0 Å². The van der Waals surface area contributed by atoms with Crippen LogP contribution in [-0.2, 0) is 10.0 Å². The zero-order chi connectivity index (χ0) is 20.1. The Hall–Kier alpha value is -2.38. The van der Waals surface area contributed by atoms with E-state index >= 15 is 0 Å². The summed E-state index contributed by atoms with van der Waals surface area (Å²) in [5.41, 5.74) is 1.96. The second kappa shape index (κ2) is 8.75. The second-order valence-electron chi connectivity index (χ2n) is 7.01. The van der Waals surface area contributed by atoms with Crippen molar-refractivity contribution in [2.24, 2.45) is 0 Å². The second-order valence-corrected chi connectivity index (χ2v) is 8.91. The molecule has 1 aliphatic heterocycles. The molecule has 150 valence electrons. The maximum Gasteiger partial charge on any atom is 0.255 e. The molecule has 6 nitrogen and oxygen atoms in total. The number of hydrogen-bond acceptors (Lipinski definition) is 4. The summed E-state index contributed by atoms with van der Waals surface area (Å²) in [6, 6.07) is 12.0. The monoisotopic (exact) mass is 402 g/mol. The molecule has 0 spiro atoms. The molecule has 0 radical (unpaired) electrons. The predicted molar refractivity (Wildman–Crippen MR) is 109 cm³/mol. The van der Waals surface area contributed by atoms with Crippen LogP contribution in [0.15, 0.2) is 47.4 Å². The van der Waals surface area contributed by atoms with E-state index in [0.717, 1.165) is 31.2 Å². The average molecular weight is 403 g/mol. The lowest BCUT2D eigenvalue weighted by atomic mass is 10.2. The number of methoxy groups -OCH3 is 1. The van der Waals surface area contributed by atoms with E-state index in [1.165, 1.54) is 23.5 Å². The summed E-state index contributed by atoms with van der Waals surface area (Å²) in [7, 11) is -2.30. The van der Waals surface area contributed by atoms with Gasteiger partial charge in [-0.15, -0.1) is 0 Å². The number of benzene rings is 2. The number of anilines is 1. The Kier molecular flexibility index (Phi) is 6.36. The van der Waals surface area contributed by atoms with Crippen molar-refractivity contribution in [2.45, 2.75) is 37.5 Å². The predicted octanol–water partition coefficient (Wildman–Crippen LogP) is 3.82. The molecule has 28 heavy (non-hydrogen) atoms. The van der Waals surface area contributed by atoms with Gasteiger partial charge >= 0.3 is 0 Å². The molecule has 1 aliphatic rings. The highest BCUT2D eigenvalue weighted by Crippen LogP contribution is 2.29. The van der Waals surface area contributed by atoms with Crippen molar-refractivity contribution >= 4 is 21.6 Å². The highest BCUT2D eigenvalue weighted by Gasteiger charge is 2.29. The summed E-state index contributed by atoms with van der Waals surface area (Å²) in [6.07, 6.45) is 3.74. The number of rotatable bonds is 5. The summed E-state index contributed by atoms with van der Waals surface area (Å²) >= 11 is 0. The van der Waals surface area contributed by atoms with Gasteiger partial charge in [0.05, 0.1) is 7.11 Å². The van der Waals surface area contributed by atoms with E-state index in [-0.39, 0.29) is 22.1 Å². The number of hydrogen-bond donors (Lipinski definition) is 1. The summed E-state index contributed by atoms with van der Waals surface area (Å²) in [5.74, 6) is -0.114. The quantitative estimate of drug-likeness (QED) is 0.825. The number of carbonyl (C=O) groups is 1. The van der Waals surface area contributed by atoms with Crippen LogP contribution >= 0.6 is 0 Å². The lowest BCUT2D eigenvalue weighted by Crippen LogP contribution is -2.32. The number of nitrogens with zero attached hydrogens (tertiary/aromatic N) is 1. The lowest BCUT2D eigenvalue weighted by molar-refractivity contribution is 0.102. The van der Waals surface area contributed by atoms with E-state index in [4.69, 9.17) is 4.74 Å². The van der Waals surface area contributed by atoms with Crippen LogP contribution in [-0.4, -0.2) is 38.8 Å². The Morgan fingerprint density at radius 3 is 2.39 bits per heavy atom. The molecule has 1 heterocycles. The first-order valence-corrected chi connectivity index (χ1v) is 10.9. The minimum Gasteiger partial charge on any atom is -0.495 e. The van der Waals surface area contributed by atoms with Crippen LogP contribution in [0.2, 0.25) is 0 Å². The van der Waals surface area contributed by atoms with Gasteiger partial charge in [-0.05, 0) is 55.7 Å². The molecule has 2 aromatic carbocycles. The molecule has 0 aliphatic carbocycles. The smallest absolute Gasteiger partial charge is 0.255 e. The Balaban J connectivity index is 1.92. The van der Waals surface area contributed by atoms with Gasteiger partial charge in [-0.1, -0.05) is 25.0 Å². The van der Waals surface area contributed by atoms with Gasteiger partial charge in [0.15, 0.2) is 0 Å². The minimum absolute atomic E-state index is 0.0359. The normalized spacial score (nSPS) is 15.6. The molecule has 1 saturated heterocycles. The zero-order valence-corrected chi connectivity index (χ0v) is 17.1. The third-order valence-electron chi connectivity index (χ3n) is 4.88. The highest BCUT2D eigenvalue weighted by molar-refractivity contribution is 7.89. The van der Waals surface area contributed by atoms with Gasteiger partial charge in [0.25, 0.3) is 5.91 Å². The van der Waals surface area contributed by atoms with Gasteiger partial charge in [0.2, 0.25) is 10.0 Å². The van der Waals surface area contributed by atoms with Gasteiger partial charge in [-0.3, -0.25) is 4.79 Å². The Morgan fingerprint density at radius 1 is 1.04 bits per heavy atom. The van der Waals surface area contributed by atoms with E-state index in [1.54, 1.807) is 12.1 Å². The van der Waals surface area contributed by atoms with Crippen LogP contribution in [0.5, 0.6) is 5.75 Å². The van der Waals surface area contributed by atoms with Crippen molar-refractivity contribution in [3.05, 3.63) is 53.6 Å². The number of ether oxygens (including phenoxy) is 1. The van der Waals surface area contributed by atoms with Crippen LogP contribution < -0.4 is 10.1 Å². The molecule has 1 amide bonds. The largest absolute Gasteiger partial charge is 0.495 e. The fraction of sp³-hybridized carbons (Fsp3) is 0.381. The average Bonchev–Trinajstić information content (AvgIpc) is 2.97. The first kappa shape index (κ1) is 20.4. The molecule has 0 aromatic heterocycles. The third-order valence-corrected chi connectivity index (χ3v) is 6.80. The van der Waals surface area contributed by atoms with E-state index in [9.17, 15) is 13.2 Å². The number of sulfonamides is 1. The third kappa shape index (κ3) is 4.54. The SMILES string of the molecule is COc1ccc(C(=O)Nc2cccc(C)c2)cc1S(=O)(=O)N1CCCCCC1. The number of carbonyl (C=O) groups excluding carboxylic acids is 1. The van der Waals surface area contributed by atoms with E-state index in [2.05, 4.69) is 5.32 Å². The molecule has 0 atom stereocenters. The summed E-state index contributed by atoms with van der Waals surface area (Å²) in [4.78, 5) is 12.7. The van der Waals surface area contributed by atoms with Crippen molar-refractivity contribution in [1.82, 2.24) is 4.31 Å². The maximum absolute atomic E-state index is 13.2. The van der Waals surface area contributed by atoms with Crippen LogP contribution in [0.25, 0.3) is 0 Å². The molecule has 1 N–H and O–H groups in total. The van der Waals surface area contributed by atoms with Crippen LogP contribution in [0.1, 0.15) is 41.6 Å². The minimum atomic E-state index is -3.74. The standard InChI is InChI=1S/C21H26N2O4S/c1-16-8-7-9-18(14-16)22-21(24)17-10-11-19(27-2)20(15-17)28(25,26)23-12-5-3-4-6-13-23/h7-11,14-15H,3-6,12-13H2,1-2H3,(H,22,24). The van der Waals surface area contributed by atoms with Gasteiger partial charge in [-0.2, -0.15) is 4.31 Å². The van der Waals surface area contributed by atoms with Gasteiger partial charge in [0.1, 0.15) is 10.6 Å². The molecule has 0 saturated carbocycles. The Bertz CT molecular complexity index is 949. The first-order valence-electron chi connectivity index (χ1n) is 9.48. The highest BCUT2D eigenvalue weighted by atomic mass is 32.2. The van der Waals surface area contributed by atoms with Crippen molar-refractivity contribution in [3.63, 3.8) is 0 Å². The molecule has 3 rings (SSSR count). The molecular formula is C21H26N2O4S. The van der Waals surface area contributed by atoms with E-state index in [0.29, 0.717) is 18.8 Å². The van der Waals surface area contributed by atoms with Crippen molar-refractivity contribution in [2.75, 3.05) is 25.5 Å². The molecule has 2 aromatic rings. The van der Waals surface area contributed by atoms with Gasteiger partial charge in [-0.25, -0.2) is 8.42 Å². The molecule has 7 heteroatoms. The maximum atomic E-state index is 13.2. The Labute approximate surface area is 166 Å². The number of amides is 1. The van der Waals surface area contributed by atoms with Crippen LogP contribution in [0, 0.1) is 6.92 Å². The van der Waals surface area contributed by atoms with Gasteiger partial charge in [0, 0.05) is 24.3 Å². The topological polar surface area (TPSA) is 75.7 Å². The molecule has 0 bridgehead atoms. The fourth-order valence-electron chi connectivity index (χ4n) is 3.37. The number of nitrogens with one attached hydrogen (secondary N) is 1. The molecule has 0 unspecified atom stereocenters. The summed E-state index contributed by atoms with van der Waals surface area (Å²) in [6.45, 7) is 2.92. The van der Waals surface area contributed by atoms with Gasteiger partial charge < -0.3 is 10.1 Å². The fourth-order valence-corrected chi connectivity index (χ4v) is 5.07. The number of aryl methyl sites for hydroxylation is 1. The lowest BCUT2D eigenvalue weighted by Gasteiger charge is -2.21.